The van der Waals surface area contributed by atoms with Crippen LogP contribution in [-0.2, 0) is 16.3 Å². The van der Waals surface area contributed by atoms with Crippen LogP contribution in [0.5, 0.6) is 5.75 Å². The molecule has 2 aliphatic rings. The molecule has 2 aliphatic heterocycles. The molecule has 11 heteroatoms. The molecule has 2 fully saturated rings. The Bertz CT molecular complexity index is 1440. The Hall–Kier alpha value is -3.57. The number of aromatic nitrogens is 3. The third-order valence-electron chi connectivity index (χ3n) is 7.37. The summed E-state index contributed by atoms with van der Waals surface area (Å²) in [5.41, 5.74) is 10.4. The highest BCUT2D eigenvalue weighted by Crippen LogP contribution is 2.35. The number of nitrogens with two attached hydrogens (primary N) is 1. The zero-order chi connectivity index (χ0) is 26.9. The lowest BCUT2D eigenvalue weighted by molar-refractivity contribution is 0.0585. The Morgan fingerprint density at radius 2 is 1.84 bits per heavy atom. The molecule has 10 nitrogen and oxygen atoms in total. The molecule has 0 aliphatic carbocycles. The van der Waals surface area contributed by atoms with E-state index in [0.29, 0.717) is 56.2 Å². The number of rotatable bonds is 6. The Labute approximate surface area is 222 Å². The standard InChI is InChI=1S/C27H32N6O4S/c1-3-22-25(19-5-7-24(28)29-15-19)26(31-17-30-22)18-4-6-21(23(14-18)37-2)27(34)33-11-9-32(10-12-33)20-8-13-38(35,36)16-20/h4-7,14-15,17,20H,3,8-13,16H2,1-2H3,(H2,28,29). The first-order valence-corrected chi connectivity index (χ1v) is 14.6. The van der Waals surface area contributed by atoms with E-state index in [1.807, 2.05) is 30.0 Å². The van der Waals surface area contributed by atoms with E-state index in [-0.39, 0.29) is 23.5 Å². The largest absolute Gasteiger partial charge is 0.496 e. The molecule has 0 saturated carbocycles. The maximum Gasteiger partial charge on any atom is 0.257 e. The van der Waals surface area contributed by atoms with Crippen molar-refractivity contribution in [2.45, 2.75) is 25.8 Å². The third-order valence-corrected chi connectivity index (χ3v) is 9.12. The van der Waals surface area contributed by atoms with Crippen LogP contribution in [0.2, 0.25) is 0 Å². The second kappa shape index (κ2) is 10.7. The lowest BCUT2D eigenvalue weighted by Crippen LogP contribution is -2.52. The number of sulfone groups is 1. The molecule has 200 valence electrons. The predicted molar refractivity (Wildman–Crippen MR) is 146 cm³/mol. The second-order valence-corrected chi connectivity index (χ2v) is 11.9. The van der Waals surface area contributed by atoms with Crippen molar-refractivity contribution >= 4 is 21.6 Å². The van der Waals surface area contributed by atoms with Crippen LogP contribution in [0.3, 0.4) is 0 Å². The van der Waals surface area contributed by atoms with Crippen molar-refractivity contribution < 1.29 is 17.9 Å². The summed E-state index contributed by atoms with van der Waals surface area (Å²) >= 11 is 0. The lowest BCUT2D eigenvalue weighted by Gasteiger charge is -2.37. The minimum absolute atomic E-state index is 0.0531. The molecule has 1 unspecified atom stereocenters. The van der Waals surface area contributed by atoms with Gasteiger partial charge in [0, 0.05) is 55.1 Å². The van der Waals surface area contributed by atoms with Gasteiger partial charge in [-0.25, -0.2) is 23.4 Å². The van der Waals surface area contributed by atoms with Crippen LogP contribution in [0, 0.1) is 0 Å². The van der Waals surface area contributed by atoms with Crippen molar-refractivity contribution in [2.75, 3.05) is 50.5 Å². The average molecular weight is 537 g/mol. The highest BCUT2D eigenvalue weighted by Gasteiger charge is 2.34. The van der Waals surface area contributed by atoms with E-state index in [4.69, 9.17) is 10.5 Å². The summed E-state index contributed by atoms with van der Waals surface area (Å²) in [7, 11) is -1.39. The molecule has 1 amide bonds. The number of hydrogen-bond donors (Lipinski definition) is 1. The van der Waals surface area contributed by atoms with Gasteiger partial charge in [-0.05, 0) is 37.1 Å². The molecular formula is C27H32N6O4S. The number of ether oxygens (including phenoxy) is 1. The predicted octanol–water partition coefficient (Wildman–Crippen LogP) is 2.30. The quantitative estimate of drug-likeness (QED) is 0.504. The summed E-state index contributed by atoms with van der Waals surface area (Å²) in [6, 6.07) is 9.20. The van der Waals surface area contributed by atoms with E-state index in [9.17, 15) is 13.2 Å². The highest BCUT2D eigenvalue weighted by atomic mass is 32.2. The topological polar surface area (TPSA) is 132 Å². The van der Waals surface area contributed by atoms with E-state index in [1.54, 1.807) is 31.8 Å². The van der Waals surface area contributed by atoms with Gasteiger partial charge in [0.2, 0.25) is 0 Å². The summed E-state index contributed by atoms with van der Waals surface area (Å²) in [6.07, 6.45) is 4.64. The number of aryl methyl sites for hydroxylation is 1. The number of benzene rings is 1. The molecular weight excluding hydrogens is 504 g/mol. The number of carbonyl (C=O) groups is 1. The van der Waals surface area contributed by atoms with Gasteiger partial charge in [0.25, 0.3) is 5.91 Å². The highest BCUT2D eigenvalue weighted by molar-refractivity contribution is 7.91. The molecule has 3 aromatic rings. The van der Waals surface area contributed by atoms with Crippen molar-refractivity contribution in [3.05, 3.63) is 54.1 Å². The molecule has 2 aromatic heterocycles. The fraction of sp³-hybridized carbons (Fsp3) is 0.407. The zero-order valence-electron chi connectivity index (χ0n) is 21.6. The van der Waals surface area contributed by atoms with E-state index < -0.39 is 9.84 Å². The van der Waals surface area contributed by atoms with Gasteiger partial charge in [-0.15, -0.1) is 0 Å². The Morgan fingerprint density at radius 3 is 2.47 bits per heavy atom. The SMILES string of the molecule is CCc1ncnc(-c2ccc(C(=O)N3CCN(C4CCS(=O)(=O)C4)CC3)c(OC)c2)c1-c1ccc(N)nc1. The molecule has 0 radical (unpaired) electrons. The van der Waals surface area contributed by atoms with Crippen LogP contribution in [0.25, 0.3) is 22.4 Å². The first kappa shape index (κ1) is 26.1. The van der Waals surface area contributed by atoms with E-state index in [0.717, 1.165) is 28.1 Å². The third kappa shape index (κ3) is 5.21. The number of carbonyl (C=O) groups excluding carboxylic acids is 1. The number of anilines is 1. The molecule has 1 atom stereocenters. The summed E-state index contributed by atoms with van der Waals surface area (Å²) in [5.74, 6) is 1.27. The van der Waals surface area contributed by atoms with E-state index >= 15 is 0 Å². The average Bonchev–Trinajstić information content (AvgIpc) is 3.31. The van der Waals surface area contributed by atoms with Crippen molar-refractivity contribution in [1.82, 2.24) is 24.8 Å². The van der Waals surface area contributed by atoms with Crippen LogP contribution < -0.4 is 10.5 Å². The summed E-state index contributed by atoms with van der Waals surface area (Å²) in [5, 5.41) is 0. The molecule has 4 heterocycles. The number of hydrogen-bond acceptors (Lipinski definition) is 9. The molecule has 0 bridgehead atoms. The number of nitrogens with zero attached hydrogens (tertiary/aromatic N) is 5. The first-order chi connectivity index (χ1) is 18.3. The Morgan fingerprint density at radius 1 is 1.08 bits per heavy atom. The Kier molecular flexibility index (Phi) is 7.31. The summed E-state index contributed by atoms with van der Waals surface area (Å²) < 4.78 is 29.4. The van der Waals surface area contributed by atoms with Gasteiger partial charge in [0.05, 0.1) is 35.6 Å². The van der Waals surface area contributed by atoms with Crippen LogP contribution in [0.15, 0.2) is 42.9 Å². The minimum atomic E-state index is -2.94. The van der Waals surface area contributed by atoms with Gasteiger partial charge in [0.15, 0.2) is 9.84 Å². The van der Waals surface area contributed by atoms with E-state index in [1.165, 1.54) is 0 Å². The van der Waals surface area contributed by atoms with Gasteiger partial charge in [0.1, 0.15) is 17.9 Å². The molecule has 2 N–H and O–H groups in total. The number of nitrogen functional groups attached to an aromatic ring is 1. The van der Waals surface area contributed by atoms with Crippen molar-refractivity contribution in [1.29, 1.82) is 0 Å². The molecule has 38 heavy (non-hydrogen) atoms. The number of amides is 1. The summed E-state index contributed by atoms with van der Waals surface area (Å²) in [6.45, 7) is 4.44. The normalized spacial score (nSPS) is 19.4. The smallest absolute Gasteiger partial charge is 0.257 e. The van der Waals surface area contributed by atoms with Gasteiger partial charge >= 0.3 is 0 Å². The number of pyridine rings is 1. The molecule has 2 saturated heterocycles. The molecule has 5 rings (SSSR count). The van der Waals surface area contributed by atoms with Crippen molar-refractivity contribution in [3.8, 4) is 28.1 Å². The fourth-order valence-electron chi connectivity index (χ4n) is 5.30. The summed E-state index contributed by atoms with van der Waals surface area (Å²) in [4.78, 5) is 30.8. The maximum atomic E-state index is 13.5. The van der Waals surface area contributed by atoms with Crippen molar-refractivity contribution in [3.63, 3.8) is 0 Å². The van der Waals surface area contributed by atoms with Crippen LogP contribution in [-0.4, -0.2) is 89.9 Å². The van der Waals surface area contributed by atoms with E-state index in [2.05, 4.69) is 19.9 Å². The van der Waals surface area contributed by atoms with Crippen LogP contribution in [0.4, 0.5) is 5.82 Å². The Balaban J connectivity index is 1.39. The fourth-order valence-corrected chi connectivity index (χ4v) is 7.07. The maximum absolute atomic E-state index is 13.5. The van der Waals surface area contributed by atoms with Crippen molar-refractivity contribution in [2.24, 2.45) is 0 Å². The molecule has 1 aromatic carbocycles. The van der Waals surface area contributed by atoms with Crippen LogP contribution in [0.1, 0.15) is 29.4 Å². The molecule has 0 spiro atoms. The zero-order valence-corrected chi connectivity index (χ0v) is 22.4. The van der Waals surface area contributed by atoms with Gasteiger partial charge in [-0.1, -0.05) is 13.0 Å². The van der Waals surface area contributed by atoms with Gasteiger partial charge < -0.3 is 15.4 Å². The number of methoxy groups -OCH3 is 1. The second-order valence-electron chi connectivity index (χ2n) is 9.67. The first-order valence-electron chi connectivity index (χ1n) is 12.8. The van der Waals surface area contributed by atoms with Gasteiger partial charge in [-0.2, -0.15) is 0 Å². The lowest BCUT2D eigenvalue weighted by atomic mass is 9.96. The monoisotopic (exact) mass is 536 g/mol. The number of piperazine rings is 1. The minimum Gasteiger partial charge on any atom is -0.496 e. The van der Waals surface area contributed by atoms with Crippen LogP contribution >= 0.6 is 0 Å². The van der Waals surface area contributed by atoms with Gasteiger partial charge in [-0.3, -0.25) is 9.69 Å².